The minimum Gasteiger partial charge on any atom is -0.490 e. The van der Waals surface area contributed by atoms with E-state index in [2.05, 4.69) is 4.72 Å². The number of rotatable bonds is 6. The molecule has 1 amide bonds. The molecule has 0 bridgehead atoms. The van der Waals surface area contributed by atoms with Crippen LogP contribution in [-0.4, -0.2) is 52.1 Å². The third-order valence-corrected chi connectivity index (χ3v) is 6.06. The molecule has 7 nitrogen and oxygen atoms in total. The Morgan fingerprint density at radius 1 is 1.04 bits per heavy atom. The van der Waals surface area contributed by atoms with Gasteiger partial charge in [0, 0.05) is 38.5 Å². The number of benzene rings is 1. The summed E-state index contributed by atoms with van der Waals surface area (Å²) in [6.07, 6.45) is 5.02. The zero-order valence-electron chi connectivity index (χ0n) is 14.9. The Balaban J connectivity index is 1.54. The first-order valence-electron chi connectivity index (χ1n) is 9.23. The summed E-state index contributed by atoms with van der Waals surface area (Å²) in [5, 5.41) is 0. The molecule has 1 fully saturated rings. The van der Waals surface area contributed by atoms with E-state index in [-0.39, 0.29) is 10.8 Å². The second kappa shape index (κ2) is 8.73. The SMILES string of the molecule is O=C1CCCCCN1CCCNS(=O)(=O)c1ccc2c(c1)OCCCO2. The lowest BCUT2D eigenvalue weighted by atomic mass is 10.2. The molecule has 3 rings (SSSR count). The van der Waals surface area contributed by atoms with Gasteiger partial charge in [-0.25, -0.2) is 13.1 Å². The highest BCUT2D eigenvalue weighted by Crippen LogP contribution is 2.31. The van der Waals surface area contributed by atoms with Gasteiger partial charge in [0.2, 0.25) is 15.9 Å². The van der Waals surface area contributed by atoms with Gasteiger partial charge in [-0.1, -0.05) is 6.42 Å². The standard InChI is InChI=1S/C18H26N2O5S/c21-18-6-2-1-3-10-20(18)11-4-9-19-26(22,23)15-7-8-16-17(14-15)25-13-5-12-24-16/h7-8,14,19H,1-6,9-13H2. The largest absolute Gasteiger partial charge is 0.490 e. The van der Waals surface area contributed by atoms with Gasteiger partial charge < -0.3 is 14.4 Å². The predicted molar refractivity (Wildman–Crippen MR) is 96.9 cm³/mol. The number of nitrogens with zero attached hydrogens (tertiary/aromatic N) is 1. The lowest BCUT2D eigenvalue weighted by Crippen LogP contribution is -2.34. The van der Waals surface area contributed by atoms with Crippen molar-refractivity contribution in [1.29, 1.82) is 0 Å². The molecule has 0 saturated carbocycles. The molecular formula is C18H26N2O5S. The fourth-order valence-corrected chi connectivity index (χ4v) is 4.23. The lowest BCUT2D eigenvalue weighted by Gasteiger charge is -2.20. The molecule has 8 heteroatoms. The molecule has 1 aromatic carbocycles. The van der Waals surface area contributed by atoms with E-state index in [0.29, 0.717) is 50.6 Å². The molecule has 26 heavy (non-hydrogen) atoms. The Labute approximate surface area is 154 Å². The smallest absolute Gasteiger partial charge is 0.240 e. The van der Waals surface area contributed by atoms with Crippen molar-refractivity contribution in [3.63, 3.8) is 0 Å². The predicted octanol–water partition coefficient (Wildman–Crippen LogP) is 1.92. The first-order valence-corrected chi connectivity index (χ1v) is 10.7. The summed E-state index contributed by atoms with van der Waals surface area (Å²) in [6, 6.07) is 4.65. The van der Waals surface area contributed by atoms with Gasteiger partial charge in [-0.2, -0.15) is 0 Å². The molecule has 1 aromatic rings. The number of hydrogen-bond acceptors (Lipinski definition) is 5. The second-order valence-electron chi connectivity index (χ2n) is 6.60. The fraction of sp³-hybridized carbons (Fsp3) is 0.611. The molecule has 0 aromatic heterocycles. The molecule has 2 aliphatic heterocycles. The van der Waals surface area contributed by atoms with Crippen LogP contribution in [0.3, 0.4) is 0 Å². The van der Waals surface area contributed by atoms with Crippen LogP contribution in [0.5, 0.6) is 11.5 Å². The maximum Gasteiger partial charge on any atom is 0.240 e. The van der Waals surface area contributed by atoms with E-state index in [4.69, 9.17) is 9.47 Å². The van der Waals surface area contributed by atoms with E-state index >= 15 is 0 Å². The Morgan fingerprint density at radius 3 is 2.69 bits per heavy atom. The number of carbonyl (C=O) groups excluding carboxylic acids is 1. The van der Waals surface area contributed by atoms with Gasteiger partial charge in [-0.05, 0) is 31.4 Å². The monoisotopic (exact) mass is 382 g/mol. The highest BCUT2D eigenvalue weighted by atomic mass is 32.2. The molecular weight excluding hydrogens is 356 g/mol. The quantitative estimate of drug-likeness (QED) is 0.760. The summed E-state index contributed by atoms with van der Waals surface area (Å²) in [6.45, 7) is 2.72. The fourth-order valence-electron chi connectivity index (χ4n) is 3.15. The molecule has 1 saturated heterocycles. The van der Waals surface area contributed by atoms with Gasteiger partial charge >= 0.3 is 0 Å². The summed E-state index contributed by atoms with van der Waals surface area (Å²) in [5.74, 6) is 1.20. The molecule has 0 atom stereocenters. The maximum atomic E-state index is 12.5. The van der Waals surface area contributed by atoms with Crippen molar-refractivity contribution in [3.05, 3.63) is 18.2 Å². The van der Waals surface area contributed by atoms with E-state index in [1.54, 1.807) is 6.07 Å². The van der Waals surface area contributed by atoms with E-state index in [9.17, 15) is 13.2 Å². The highest BCUT2D eigenvalue weighted by molar-refractivity contribution is 7.89. The number of ether oxygens (including phenoxy) is 2. The molecule has 0 aliphatic carbocycles. The van der Waals surface area contributed by atoms with E-state index in [1.807, 2.05) is 4.90 Å². The average Bonchev–Trinajstić information content (AvgIpc) is 2.98. The minimum absolute atomic E-state index is 0.160. The van der Waals surface area contributed by atoms with Gasteiger partial charge in [-0.15, -0.1) is 0 Å². The highest BCUT2D eigenvalue weighted by Gasteiger charge is 2.19. The van der Waals surface area contributed by atoms with Crippen molar-refractivity contribution in [2.75, 3.05) is 32.8 Å². The number of carbonyl (C=O) groups is 1. The number of hydrogen-bond donors (Lipinski definition) is 1. The summed E-state index contributed by atoms with van der Waals surface area (Å²) >= 11 is 0. The summed E-state index contributed by atoms with van der Waals surface area (Å²) in [5.41, 5.74) is 0. The number of amides is 1. The Hall–Kier alpha value is -1.80. The van der Waals surface area contributed by atoms with Gasteiger partial charge in [-0.3, -0.25) is 4.79 Å². The van der Waals surface area contributed by atoms with Gasteiger partial charge in [0.05, 0.1) is 18.1 Å². The van der Waals surface area contributed by atoms with E-state index in [1.165, 1.54) is 12.1 Å². The van der Waals surface area contributed by atoms with Crippen LogP contribution in [0.1, 0.15) is 38.5 Å². The van der Waals surface area contributed by atoms with Crippen LogP contribution >= 0.6 is 0 Å². The number of nitrogens with one attached hydrogen (secondary N) is 1. The molecule has 0 unspecified atom stereocenters. The van der Waals surface area contributed by atoms with Crippen molar-refractivity contribution < 1.29 is 22.7 Å². The Kier molecular flexibility index (Phi) is 6.37. The second-order valence-corrected chi connectivity index (χ2v) is 8.37. The van der Waals surface area contributed by atoms with Crippen LogP contribution in [0.15, 0.2) is 23.1 Å². The molecule has 2 aliphatic rings. The van der Waals surface area contributed by atoms with E-state index < -0.39 is 10.0 Å². The van der Waals surface area contributed by atoms with Crippen LogP contribution in [-0.2, 0) is 14.8 Å². The Morgan fingerprint density at radius 2 is 1.85 bits per heavy atom. The van der Waals surface area contributed by atoms with Crippen LogP contribution in [0.25, 0.3) is 0 Å². The van der Waals surface area contributed by atoms with Crippen LogP contribution in [0.2, 0.25) is 0 Å². The number of sulfonamides is 1. The summed E-state index contributed by atoms with van der Waals surface area (Å²) in [7, 11) is -3.62. The normalized spacial score (nSPS) is 18.3. The van der Waals surface area contributed by atoms with Crippen molar-refractivity contribution in [1.82, 2.24) is 9.62 Å². The third kappa shape index (κ3) is 4.88. The molecule has 144 valence electrons. The lowest BCUT2D eigenvalue weighted by molar-refractivity contribution is -0.130. The zero-order valence-corrected chi connectivity index (χ0v) is 15.7. The number of likely N-dealkylation sites (tertiary alicyclic amines) is 1. The molecule has 2 heterocycles. The van der Waals surface area contributed by atoms with Crippen LogP contribution in [0.4, 0.5) is 0 Å². The van der Waals surface area contributed by atoms with Crippen LogP contribution in [0, 0.1) is 0 Å². The molecule has 1 N–H and O–H groups in total. The van der Waals surface area contributed by atoms with Gasteiger partial charge in [0.1, 0.15) is 0 Å². The van der Waals surface area contributed by atoms with Gasteiger partial charge in [0.25, 0.3) is 0 Å². The average molecular weight is 382 g/mol. The Bertz CT molecular complexity index is 735. The summed E-state index contributed by atoms with van der Waals surface area (Å²) < 4.78 is 38.7. The van der Waals surface area contributed by atoms with E-state index in [0.717, 1.165) is 32.2 Å². The zero-order chi connectivity index (χ0) is 18.4. The molecule has 0 radical (unpaired) electrons. The van der Waals surface area contributed by atoms with Crippen molar-refractivity contribution in [2.24, 2.45) is 0 Å². The van der Waals surface area contributed by atoms with Crippen molar-refractivity contribution in [2.45, 2.75) is 43.4 Å². The maximum absolute atomic E-state index is 12.5. The first-order chi connectivity index (χ1) is 12.6. The van der Waals surface area contributed by atoms with Gasteiger partial charge in [0.15, 0.2) is 11.5 Å². The first kappa shape index (κ1) is 19.0. The minimum atomic E-state index is -3.62. The van der Waals surface area contributed by atoms with Crippen LogP contribution < -0.4 is 14.2 Å². The van der Waals surface area contributed by atoms with Crippen molar-refractivity contribution >= 4 is 15.9 Å². The third-order valence-electron chi connectivity index (χ3n) is 4.60. The topological polar surface area (TPSA) is 84.9 Å². The summed E-state index contributed by atoms with van der Waals surface area (Å²) in [4.78, 5) is 14.0. The molecule has 0 spiro atoms. The van der Waals surface area contributed by atoms with Crippen molar-refractivity contribution in [3.8, 4) is 11.5 Å². The number of fused-ring (bicyclic) bond motifs is 1.